The van der Waals surface area contributed by atoms with Crippen molar-refractivity contribution in [3.8, 4) is 22.3 Å². The summed E-state index contributed by atoms with van der Waals surface area (Å²) >= 11 is 0. The van der Waals surface area contributed by atoms with Crippen molar-refractivity contribution in [3.05, 3.63) is 221 Å². The molecular weight excluding hydrogens is 655 g/mol. The molecule has 0 spiro atoms. The van der Waals surface area contributed by atoms with Crippen LogP contribution in [0.4, 0.5) is 17.1 Å². The smallest absolute Gasteiger partial charge is 0.137 e. The maximum absolute atomic E-state index is 10.5. The zero-order chi connectivity index (χ0) is 63.0. The van der Waals surface area contributed by atoms with Crippen LogP contribution in [0.2, 0.25) is 0 Å². The van der Waals surface area contributed by atoms with Crippen LogP contribution in [0.5, 0.6) is 0 Å². The summed E-state index contributed by atoms with van der Waals surface area (Å²) in [5.41, 5.74) is -17.9. The van der Waals surface area contributed by atoms with Crippen LogP contribution in [-0.2, 0) is 10.8 Å². The van der Waals surface area contributed by atoms with Crippen molar-refractivity contribution in [2.75, 3.05) is 4.90 Å². The van der Waals surface area contributed by atoms with E-state index in [1.54, 1.807) is 0 Å². The van der Waals surface area contributed by atoms with E-state index in [-0.39, 0.29) is 16.7 Å². The van der Waals surface area contributed by atoms with Crippen LogP contribution in [0.25, 0.3) is 44.2 Å². The first kappa shape index (κ1) is 13.0. The Kier molecular flexibility index (Phi) is 2.76. The number of benzene rings is 8. The summed E-state index contributed by atoms with van der Waals surface area (Å²) < 4.78 is 297. The molecule has 8 aromatic carbocycles. The standard InChI is InChI=1S/C52H37NO/c1-51(2)41-23-10-6-19-36(41)39-32-31-35(33-45(39)51)53(47-28-16-30-49-50(47)40-22-9-15-29-48(40)54-49)46-27-14-13-26-44(46)52(34-17-4-3-5-18-34)42-24-11-7-20-37(42)38-21-8-12-25-43(38)52/h3-33H,1-2H3/i3D,4D,5D,6D,7D,8D,9D,10D,11D,12D,13D,14D,15D,16D,17D,18D,19D,20D,21D,22D,23D,24D,25D,26D,27D,28D,29D,30D,31D,32D,33D. The lowest BCUT2D eigenvalue weighted by Crippen LogP contribution is -2.30. The number of para-hydroxylation sites is 2. The summed E-state index contributed by atoms with van der Waals surface area (Å²) in [6.07, 6.45) is 0. The summed E-state index contributed by atoms with van der Waals surface area (Å²) in [7, 11) is 0. The number of anilines is 3. The Labute approximate surface area is 359 Å². The number of hydrogen-bond donors (Lipinski definition) is 0. The minimum Gasteiger partial charge on any atom is -0.456 e. The first-order valence-electron chi connectivity index (χ1n) is 31.8. The van der Waals surface area contributed by atoms with E-state index in [0.29, 0.717) is 4.90 Å². The van der Waals surface area contributed by atoms with Gasteiger partial charge in [-0.25, -0.2) is 0 Å². The molecule has 256 valence electrons. The van der Waals surface area contributed by atoms with Gasteiger partial charge in [-0.15, -0.1) is 0 Å². The Bertz CT molecular complexity index is 4620. The normalized spacial score (nSPS) is 22.4. The fraction of sp³-hybridized carbons (Fsp3) is 0.0769. The first-order chi connectivity index (χ1) is 39.4. The van der Waals surface area contributed by atoms with E-state index in [9.17, 15) is 26.0 Å². The molecule has 9 aromatic rings. The van der Waals surface area contributed by atoms with E-state index < -0.39 is 276 Å². The van der Waals surface area contributed by atoms with Gasteiger partial charge in [-0.05, 0) is 91.9 Å². The number of rotatable bonds is 5. The molecule has 1 aromatic heterocycles. The van der Waals surface area contributed by atoms with Gasteiger partial charge in [-0.1, -0.05) is 165 Å². The van der Waals surface area contributed by atoms with Gasteiger partial charge in [-0.3, -0.25) is 0 Å². The van der Waals surface area contributed by atoms with Crippen LogP contribution in [0, 0.1) is 0 Å². The Morgan fingerprint density at radius 1 is 0.444 bits per heavy atom. The van der Waals surface area contributed by atoms with Crippen LogP contribution < -0.4 is 4.90 Å². The Balaban J connectivity index is 1.54. The summed E-state index contributed by atoms with van der Waals surface area (Å²) in [6, 6.07) is -33.7. The highest BCUT2D eigenvalue weighted by Gasteiger charge is 2.48. The number of fused-ring (bicyclic) bond motifs is 9. The molecule has 0 saturated heterocycles. The molecule has 0 atom stereocenters. The topological polar surface area (TPSA) is 16.4 Å². The number of nitrogens with zero attached hydrogens (tertiary/aromatic N) is 1. The molecule has 11 rings (SSSR count). The third-order valence-corrected chi connectivity index (χ3v) is 9.88. The van der Waals surface area contributed by atoms with E-state index in [0.717, 1.165) is 0 Å². The van der Waals surface area contributed by atoms with E-state index in [2.05, 4.69) is 0 Å². The third kappa shape index (κ3) is 4.11. The molecule has 1 heterocycles. The van der Waals surface area contributed by atoms with Gasteiger partial charge in [0.2, 0.25) is 0 Å². The monoisotopic (exact) mass is 722 g/mol. The fourth-order valence-electron chi connectivity index (χ4n) is 7.60. The minimum atomic E-state index is -3.55. The van der Waals surface area contributed by atoms with Crippen molar-refractivity contribution in [2.45, 2.75) is 24.7 Å². The SMILES string of the molecule is [2H]c1c([2H])c([2H])c(C2(c3c([2H])c([2H])c([2H])c([2H])c3N(c3c([2H])c([2H])c4c(c3[2H])C(C)(C)c3c([2H])c([2H])c([2H])c([2H])c3-4)c3c([2H])c([2H])c([2H])c4oc5c([2H])c([2H])c([2H])c([2H])c5c34)c3c([2H])c([2H])c([2H])c([2H])c3-c3c([2H])c([2H])c([2H])c([2H])c32)c([2H])c1[2H]. The van der Waals surface area contributed by atoms with Gasteiger partial charge >= 0.3 is 0 Å². The van der Waals surface area contributed by atoms with Gasteiger partial charge in [0.1, 0.15) is 11.2 Å². The predicted molar refractivity (Wildman–Crippen MR) is 223 cm³/mol. The van der Waals surface area contributed by atoms with E-state index >= 15 is 0 Å². The van der Waals surface area contributed by atoms with Gasteiger partial charge in [0.15, 0.2) is 0 Å². The van der Waals surface area contributed by atoms with Gasteiger partial charge in [0.05, 0.1) is 64.7 Å². The highest BCUT2D eigenvalue weighted by atomic mass is 16.3. The molecule has 2 aliphatic rings. The predicted octanol–water partition coefficient (Wildman–Crippen LogP) is 13.7. The molecule has 2 nitrogen and oxygen atoms in total. The molecule has 2 aliphatic carbocycles. The lowest BCUT2D eigenvalue weighted by Gasteiger charge is -2.38. The third-order valence-electron chi connectivity index (χ3n) is 9.88. The van der Waals surface area contributed by atoms with Crippen molar-refractivity contribution in [1.82, 2.24) is 0 Å². The average molecular weight is 723 g/mol. The second-order valence-electron chi connectivity index (χ2n) is 12.9. The van der Waals surface area contributed by atoms with Crippen LogP contribution in [-0.4, -0.2) is 0 Å². The molecule has 0 radical (unpaired) electrons. The van der Waals surface area contributed by atoms with E-state index in [1.807, 2.05) is 0 Å². The van der Waals surface area contributed by atoms with Crippen LogP contribution >= 0.6 is 0 Å². The maximum atomic E-state index is 10.5. The zero-order valence-corrected chi connectivity index (χ0v) is 27.9. The van der Waals surface area contributed by atoms with Gasteiger partial charge < -0.3 is 9.32 Å². The summed E-state index contributed by atoms with van der Waals surface area (Å²) in [6.45, 7) is 2.77. The number of furan rings is 1. The van der Waals surface area contributed by atoms with Crippen molar-refractivity contribution < 1.29 is 46.9 Å². The molecule has 0 bridgehead atoms. The Morgan fingerprint density at radius 2 is 0.981 bits per heavy atom. The molecule has 0 amide bonds. The van der Waals surface area contributed by atoms with Gasteiger partial charge in [0, 0.05) is 16.5 Å². The van der Waals surface area contributed by atoms with E-state index in [4.69, 9.17) is 20.9 Å². The highest BCUT2D eigenvalue weighted by molar-refractivity contribution is 6.13. The molecule has 0 saturated carbocycles. The van der Waals surface area contributed by atoms with Crippen LogP contribution in [0.15, 0.2) is 192 Å². The van der Waals surface area contributed by atoms with Crippen LogP contribution in [0.3, 0.4) is 0 Å². The zero-order valence-electron chi connectivity index (χ0n) is 58.9. The first-order valence-corrected chi connectivity index (χ1v) is 16.3. The van der Waals surface area contributed by atoms with Crippen LogP contribution in [0.1, 0.15) is 89.7 Å². The maximum Gasteiger partial charge on any atom is 0.137 e. The minimum absolute atomic E-state index is 0.198. The molecule has 2 heteroatoms. The van der Waals surface area contributed by atoms with Gasteiger partial charge in [0.25, 0.3) is 0 Å². The van der Waals surface area contributed by atoms with Gasteiger partial charge in [-0.2, -0.15) is 0 Å². The Hall–Kier alpha value is -6.64. The summed E-state index contributed by atoms with van der Waals surface area (Å²) in [5, 5.41) is -1.49. The summed E-state index contributed by atoms with van der Waals surface area (Å²) in [5.74, 6) is 0. The lowest BCUT2D eigenvalue weighted by molar-refractivity contribution is 0.660. The molecule has 0 N–H and O–H groups in total. The Morgan fingerprint density at radius 3 is 1.72 bits per heavy atom. The van der Waals surface area contributed by atoms with Crippen molar-refractivity contribution in [3.63, 3.8) is 0 Å². The molecule has 54 heavy (non-hydrogen) atoms. The quantitative estimate of drug-likeness (QED) is 0.176. The second kappa shape index (κ2) is 11.4. The fourth-order valence-corrected chi connectivity index (χ4v) is 7.60. The average Bonchev–Trinajstić information content (AvgIpc) is 1.57. The van der Waals surface area contributed by atoms with Crippen molar-refractivity contribution >= 4 is 39.0 Å². The molecular formula is C52H37NO. The molecule has 0 unspecified atom stereocenters. The molecule has 0 fully saturated rings. The lowest BCUT2D eigenvalue weighted by atomic mass is 9.67. The highest BCUT2D eigenvalue weighted by Crippen LogP contribution is 2.59. The second-order valence-corrected chi connectivity index (χ2v) is 12.9. The summed E-state index contributed by atoms with van der Waals surface area (Å²) in [4.78, 5) is 0.467. The van der Waals surface area contributed by atoms with Crippen molar-refractivity contribution in [1.29, 1.82) is 0 Å². The van der Waals surface area contributed by atoms with Crippen molar-refractivity contribution in [2.24, 2.45) is 0 Å². The molecule has 0 aliphatic heterocycles. The van der Waals surface area contributed by atoms with E-state index in [1.165, 1.54) is 13.8 Å². The number of hydrogen-bond acceptors (Lipinski definition) is 2. The largest absolute Gasteiger partial charge is 0.456 e.